The number of hydrogen-bond donors (Lipinski definition) is 2. The highest BCUT2D eigenvalue weighted by atomic mass is 35.5. The molecule has 8 nitrogen and oxygen atoms in total. The first-order valence-electron chi connectivity index (χ1n) is 7.38. The first-order valence-corrected chi connectivity index (χ1v) is 7.76. The Hall–Kier alpha value is -2.61. The van der Waals surface area contributed by atoms with Gasteiger partial charge < -0.3 is 29.5 Å². The fourth-order valence-electron chi connectivity index (χ4n) is 2.55. The minimum absolute atomic E-state index is 0.0218. The molecule has 1 aliphatic rings. The van der Waals surface area contributed by atoms with E-state index in [-0.39, 0.29) is 17.5 Å². The lowest BCUT2D eigenvalue weighted by Gasteiger charge is -2.16. The zero-order valence-electron chi connectivity index (χ0n) is 14.3. The molecule has 1 unspecified atom stereocenters. The third-order valence-corrected chi connectivity index (χ3v) is 4.01. The number of rotatable bonds is 6. The van der Waals surface area contributed by atoms with E-state index in [1.54, 1.807) is 19.1 Å². The first-order chi connectivity index (χ1) is 12.0. The largest absolute Gasteiger partial charge is 0.493 e. The van der Waals surface area contributed by atoms with Crippen LogP contribution in [-0.4, -0.2) is 51.0 Å². The minimum Gasteiger partial charge on any atom is -0.493 e. The first kappa shape index (κ1) is 18.7. The van der Waals surface area contributed by atoms with Crippen LogP contribution in [0.4, 0.5) is 0 Å². The van der Waals surface area contributed by atoms with Gasteiger partial charge in [-0.2, -0.15) is 0 Å². The van der Waals surface area contributed by atoms with Crippen molar-refractivity contribution < 1.29 is 28.9 Å². The van der Waals surface area contributed by atoms with E-state index in [1.165, 1.54) is 21.3 Å². The summed E-state index contributed by atoms with van der Waals surface area (Å²) < 4.78 is 21.0. The molecule has 1 heterocycles. The Morgan fingerprint density at radius 1 is 1.24 bits per heavy atom. The van der Waals surface area contributed by atoms with Gasteiger partial charge in [0, 0.05) is 11.1 Å². The smallest absolute Gasteiger partial charge is 0.334 e. The quantitative estimate of drug-likeness (QED) is 0.449. The maximum absolute atomic E-state index is 12.1. The molecule has 1 atom stereocenters. The molecule has 1 aromatic carbocycles. The fraction of sp³-hybridized carbons (Fsp3) is 0.375. The van der Waals surface area contributed by atoms with Crippen molar-refractivity contribution >= 4 is 29.0 Å². The number of nitrogens with one attached hydrogen (secondary N) is 1. The van der Waals surface area contributed by atoms with Crippen molar-refractivity contribution in [2.24, 2.45) is 5.16 Å². The lowest BCUT2D eigenvalue weighted by molar-refractivity contribution is -0.143. The molecule has 0 saturated heterocycles. The van der Waals surface area contributed by atoms with Gasteiger partial charge in [-0.1, -0.05) is 16.8 Å². The molecule has 0 spiro atoms. The summed E-state index contributed by atoms with van der Waals surface area (Å²) in [7, 11) is 4.42. The van der Waals surface area contributed by atoms with Crippen LogP contribution in [0.1, 0.15) is 12.5 Å². The van der Waals surface area contributed by atoms with Crippen molar-refractivity contribution in [1.82, 2.24) is 5.32 Å². The molecule has 1 aromatic rings. The van der Waals surface area contributed by atoms with Crippen molar-refractivity contribution in [1.29, 1.82) is 0 Å². The highest BCUT2D eigenvalue weighted by molar-refractivity contribution is 6.44. The molecule has 136 valence electrons. The van der Waals surface area contributed by atoms with E-state index in [0.717, 1.165) is 0 Å². The Labute approximate surface area is 149 Å². The van der Waals surface area contributed by atoms with Gasteiger partial charge in [-0.05, 0) is 19.1 Å². The summed E-state index contributed by atoms with van der Waals surface area (Å²) in [4.78, 5) is 12.1. The number of methoxy groups -OCH3 is 3. The monoisotopic (exact) mass is 370 g/mol. The van der Waals surface area contributed by atoms with E-state index in [9.17, 15) is 10.0 Å². The Balaban J connectivity index is 2.64. The second-order valence-corrected chi connectivity index (χ2v) is 5.29. The van der Waals surface area contributed by atoms with E-state index in [2.05, 4.69) is 10.5 Å². The van der Waals surface area contributed by atoms with E-state index >= 15 is 0 Å². The van der Waals surface area contributed by atoms with Crippen LogP contribution in [0.3, 0.4) is 0 Å². The summed E-state index contributed by atoms with van der Waals surface area (Å²) in [6, 6.07) is 2.35. The van der Waals surface area contributed by atoms with Crippen LogP contribution in [-0.2, 0) is 9.53 Å². The predicted octanol–water partition coefficient (Wildman–Crippen LogP) is 1.98. The lowest BCUT2D eigenvalue weighted by Crippen LogP contribution is -2.36. The number of hydrogen-bond acceptors (Lipinski definition) is 7. The Kier molecular flexibility index (Phi) is 5.97. The number of carbonyl (C=O) groups excluding carboxylic acids is 1. The third kappa shape index (κ3) is 3.30. The van der Waals surface area contributed by atoms with E-state index < -0.39 is 12.0 Å². The standard InChI is InChI=1S/C16H19ClN2O6/c1-5-25-16(20)12-11(17)10(15(18-12)19-21)8-6-7-9(22-2)14(24-4)13(8)23-3/h6-7,12,21H,5H2,1-4H3,(H,18,19). The molecule has 25 heavy (non-hydrogen) atoms. The van der Waals surface area contributed by atoms with E-state index in [4.69, 9.17) is 30.5 Å². The zero-order valence-corrected chi connectivity index (χ0v) is 15.0. The number of nitrogens with zero attached hydrogens (tertiary/aromatic N) is 1. The van der Waals surface area contributed by atoms with Crippen LogP contribution < -0.4 is 19.5 Å². The number of halogens is 1. The van der Waals surface area contributed by atoms with Gasteiger partial charge in [-0.3, -0.25) is 0 Å². The third-order valence-electron chi connectivity index (χ3n) is 3.61. The van der Waals surface area contributed by atoms with Gasteiger partial charge in [0.15, 0.2) is 23.4 Å². The molecule has 0 amide bonds. The second kappa shape index (κ2) is 7.98. The van der Waals surface area contributed by atoms with Crippen molar-refractivity contribution in [3.63, 3.8) is 0 Å². The summed E-state index contributed by atoms with van der Waals surface area (Å²) >= 11 is 6.38. The molecule has 0 aromatic heterocycles. The number of benzene rings is 1. The van der Waals surface area contributed by atoms with Crippen molar-refractivity contribution in [2.45, 2.75) is 13.0 Å². The van der Waals surface area contributed by atoms with Crippen LogP contribution in [0.25, 0.3) is 5.57 Å². The number of carbonyl (C=O) groups is 1. The Bertz CT molecular complexity index is 732. The second-order valence-electron chi connectivity index (χ2n) is 4.88. The van der Waals surface area contributed by atoms with Crippen LogP contribution in [0.15, 0.2) is 22.3 Å². The van der Waals surface area contributed by atoms with Gasteiger partial charge in [-0.25, -0.2) is 4.79 Å². The molecule has 0 aliphatic carbocycles. The summed E-state index contributed by atoms with van der Waals surface area (Å²) in [5.74, 6) is 0.561. The Morgan fingerprint density at radius 3 is 2.44 bits per heavy atom. The van der Waals surface area contributed by atoms with Gasteiger partial charge in [0.25, 0.3) is 0 Å². The predicted molar refractivity (Wildman–Crippen MR) is 91.6 cm³/mol. The SMILES string of the molecule is CCOC(=O)C1NC(=NO)C(c2ccc(OC)c(OC)c2OC)=C1Cl. The molecule has 9 heteroatoms. The number of ether oxygens (including phenoxy) is 4. The van der Waals surface area contributed by atoms with E-state index in [0.29, 0.717) is 28.4 Å². The fourth-order valence-corrected chi connectivity index (χ4v) is 2.89. The lowest BCUT2D eigenvalue weighted by atomic mass is 10.0. The molecule has 0 fully saturated rings. The van der Waals surface area contributed by atoms with Gasteiger partial charge >= 0.3 is 5.97 Å². The molecule has 2 rings (SSSR count). The van der Waals surface area contributed by atoms with Crippen LogP contribution >= 0.6 is 11.6 Å². The van der Waals surface area contributed by atoms with Gasteiger partial charge in [0.2, 0.25) is 5.75 Å². The van der Waals surface area contributed by atoms with Gasteiger partial charge in [-0.15, -0.1) is 0 Å². The number of esters is 1. The van der Waals surface area contributed by atoms with E-state index in [1.807, 2.05) is 0 Å². The molecular weight excluding hydrogens is 352 g/mol. The zero-order chi connectivity index (χ0) is 18.6. The van der Waals surface area contributed by atoms with Gasteiger partial charge in [0.05, 0.1) is 33.0 Å². The van der Waals surface area contributed by atoms with Crippen LogP contribution in [0.2, 0.25) is 0 Å². The van der Waals surface area contributed by atoms with Crippen molar-refractivity contribution in [3.05, 3.63) is 22.7 Å². The average molecular weight is 371 g/mol. The molecule has 2 N–H and O–H groups in total. The van der Waals surface area contributed by atoms with Crippen LogP contribution in [0.5, 0.6) is 17.2 Å². The molecule has 1 aliphatic heterocycles. The van der Waals surface area contributed by atoms with Crippen molar-refractivity contribution in [2.75, 3.05) is 27.9 Å². The topological polar surface area (TPSA) is 98.6 Å². The maximum atomic E-state index is 12.1. The molecule has 0 saturated carbocycles. The number of oxime groups is 1. The summed E-state index contributed by atoms with van der Waals surface area (Å²) in [5.41, 5.74) is 0.775. The van der Waals surface area contributed by atoms with Gasteiger partial charge in [0.1, 0.15) is 0 Å². The maximum Gasteiger partial charge on any atom is 0.334 e. The highest BCUT2D eigenvalue weighted by Gasteiger charge is 2.38. The summed E-state index contributed by atoms with van der Waals surface area (Å²) in [5, 5.41) is 15.4. The Morgan fingerprint density at radius 2 is 1.92 bits per heavy atom. The number of amidine groups is 1. The normalized spacial score (nSPS) is 18.1. The molecule has 0 bridgehead atoms. The summed E-state index contributed by atoms with van der Waals surface area (Å²) in [6.07, 6.45) is 0. The molecular formula is C16H19ClN2O6. The highest BCUT2D eigenvalue weighted by Crippen LogP contribution is 2.45. The minimum atomic E-state index is -0.972. The summed E-state index contributed by atoms with van der Waals surface area (Å²) in [6.45, 7) is 1.88. The molecule has 0 radical (unpaired) electrons. The average Bonchev–Trinajstić information content (AvgIpc) is 2.96. The van der Waals surface area contributed by atoms with Crippen LogP contribution in [0, 0.1) is 0 Å². The van der Waals surface area contributed by atoms with Crippen molar-refractivity contribution in [3.8, 4) is 17.2 Å².